The van der Waals surface area contributed by atoms with Crippen molar-refractivity contribution in [3.8, 4) is 17.2 Å². The lowest BCUT2D eigenvalue weighted by atomic mass is 10.0. The number of esters is 1. The Morgan fingerprint density at radius 3 is 2.63 bits per heavy atom. The van der Waals surface area contributed by atoms with E-state index in [1.54, 1.807) is 30.3 Å². The van der Waals surface area contributed by atoms with E-state index in [1.165, 1.54) is 0 Å². The number of nitrogens with two attached hydrogens (primary N) is 1. The topological polar surface area (TPSA) is 115 Å². The SMILES string of the molecule is N=C(N)c1ccc2ccccc2c1OC(=O)CSc1nnc(-c2ccc(Cl)cc2)o1. The van der Waals surface area contributed by atoms with Gasteiger partial charge in [-0.1, -0.05) is 53.7 Å². The van der Waals surface area contributed by atoms with Gasteiger partial charge in [-0.05, 0) is 35.7 Å². The quantitative estimate of drug-likeness (QED) is 0.149. The summed E-state index contributed by atoms with van der Waals surface area (Å²) in [5, 5.41) is 18.1. The van der Waals surface area contributed by atoms with Gasteiger partial charge in [-0.3, -0.25) is 10.2 Å². The molecule has 0 aliphatic carbocycles. The predicted molar refractivity (Wildman–Crippen MR) is 116 cm³/mol. The molecule has 4 rings (SSSR count). The van der Waals surface area contributed by atoms with Gasteiger partial charge in [0.1, 0.15) is 17.3 Å². The standard InChI is InChI=1S/C21H15ClN4O3S/c22-14-8-5-13(6-9-14)20-25-26-21(29-20)30-11-17(27)28-18-15-4-2-1-3-12(15)7-10-16(18)19(23)24/h1-10H,11H2,(H3,23,24). The van der Waals surface area contributed by atoms with E-state index in [0.29, 0.717) is 21.9 Å². The number of carbonyl (C=O) groups excluding carboxylic acids is 1. The highest BCUT2D eigenvalue weighted by atomic mass is 35.5. The van der Waals surface area contributed by atoms with Crippen molar-refractivity contribution >= 4 is 45.9 Å². The number of benzene rings is 3. The Morgan fingerprint density at radius 1 is 1.10 bits per heavy atom. The summed E-state index contributed by atoms with van der Waals surface area (Å²) in [7, 11) is 0. The summed E-state index contributed by atoms with van der Waals surface area (Å²) in [5.74, 6) is -0.164. The van der Waals surface area contributed by atoms with Gasteiger partial charge >= 0.3 is 5.97 Å². The molecule has 9 heteroatoms. The average molecular weight is 439 g/mol. The molecule has 30 heavy (non-hydrogen) atoms. The number of ether oxygens (including phenoxy) is 1. The number of thioether (sulfide) groups is 1. The minimum absolute atomic E-state index is 0.0528. The molecule has 0 saturated heterocycles. The molecular formula is C21H15ClN4O3S. The molecule has 3 aromatic carbocycles. The van der Waals surface area contributed by atoms with E-state index in [0.717, 1.165) is 22.7 Å². The van der Waals surface area contributed by atoms with E-state index in [1.807, 2.05) is 30.3 Å². The number of halogens is 1. The van der Waals surface area contributed by atoms with Gasteiger partial charge in [-0.25, -0.2) is 0 Å². The van der Waals surface area contributed by atoms with Crippen LogP contribution in [0.1, 0.15) is 5.56 Å². The molecule has 1 heterocycles. The number of amidine groups is 1. The Balaban J connectivity index is 1.48. The maximum atomic E-state index is 12.5. The Morgan fingerprint density at radius 2 is 1.87 bits per heavy atom. The monoisotopic (exact) mass is 438 g/mol. The summed E-state index contributed by atoms with van der Waals surface area (Å²) < 4.78 is 11.1. The molecule has 0 unspecified atom stereocenters. The van der Waals surface area contributed by atoms with Crippen molar-refractivity contribution in [2.24, 2.45) is 5.73 Å². The summed E-state index contributed by atoms with van der Waals surface area (Å²) in [6.45, 7) is 0. The van der Waals surface area contributed by atoms with Gasteiger partial charge in [0.25, 0.3) is 5.22 Å². The first-order chi connectivity index (χ1) is 14.5. The van der Waals surface area contributed by atoms with Crippen LogP contribution in [0.4, 0.5) is 0 Å². The van der Waals surface area contributed by atoms with Crippen LogP contribution >= 0.6 is 23.4 Å². The van der Waals surface area contributed by atoms with Gasteiger partial charge in [0, 0.05) is 16.0 Å². The van der Waals surface area contributed by atoms with E-state index in [9.17, 15) is 4.79 Å². The summed E-state index contributed by atoms with van der Waals surface area (Å²) in [6.07, 6.45) is 0. The number of aromatic nitrogens is 2. The van der Waals surface area contributed by atoms with Crippen molar-refractivity contribution in [3.05, 3.63) is 71.2 Å². The van der Waals surface area contributed by atoms with Gasteiger partial charge in [-0.15, -0.1) is 10.2 Å². The van der Waals surface area contributed by atoms with Gasteiger partial charge in [0.15, 0.2) is 0 Å². The molecule has 0 aliphatic rings. The van der Waals surface area contributed by atoms with Crippen LogP contribution in [0.3, 0.4) is 0 Å². The Bertz CT molecular complexity index is 1240. The highest BCUT2D eigenvalue weighted by Crippen LogP contribution is 2.31. The molecular weight excluding hydrogens is 424 g/mol. The first-order valence-corrected chi connectivity index (χ1v) is 10.2. The normalized spacial score (nSPS) is 10.8. The number of nitrogens with zero attached hydrogens (tertiary/aromatic N) is 2. The summed E-state index contributed by atoms with van der Waals surface area (Å²) in [5.41, 5.74) is 6.74. The smallest absolute Gasteiger partial charge is 0.321 e. The zero-order chi connectivity index (χ0) is 21.1. The maximum absolute atomic E-state index is 12.5. The zero-order valence-electron chi connectivity index (χ0n) is 15.5. The van der Waals surface area contributed by atoms with Crippen LogP contribution in [0, 0.1) is 5.41 Å². The van der Waals surface area contributed by atoms with Crippen LogP contribution in [-0.2, 0) is 4.79 Å². The van der Waals surface area contributed by atoms with Crippen LogP contribution in [0.2, 0.25) is 5.02 Å². The lowest BCUT2D eigenvalue weighted by Crippen LogP contribution is -2.17. The Labute approximate surface area is 180 Å². The molecule has 0 atom stereocenters. The third kappa shape index (κ3) is 4.29. The average Bonchev–Trinajstić information content (AvgIpc) is 3.22. The summed E-state index contributed by atoms with van der Waals surface area (Å²) in [6, 6.07) is 17.9. The van der Waals surface area contributed by atoms with Crippen molar-refractivity contribution in [3.63, 3.8) is 0 Å². The van der Waals surface area contributed by atoms with E-state index in [2.05, 4.69) is 10.2 Å². The zero-order valence-corrected chi connectivity index (χ0v) is 17.0. The molecule has 4 aromatic rings. The molecule has 0 amide bonds. The Kier molecular flexibility index (Phi) is 5.69. The molecule has 1 aromatic heterocycles. The van der Waals surface area contributed by atoms with E-state index >= 15 is 0 Å². The van der Waals surface area contributed by atoms with Gasteiger partial charge < -0.3 is 14.9 Å². The van der Waals surface area contributed by atoms with Crippen LogP contribution in [0.15, 0.2) is 70.3 Å². The molecule has 0 spiro atoms. The van der Waals surface area contributed by atoms with Crippen molar-refractivity contribution in [1.29, 1.82) is 5.41 Å². The van der Waals surface area contributed by atoms with Crippen molar-refractivity contribution in [2.75, 3.05) is 5.75 Å². The second-order valence-corrected chi connectivity index (χ2v) is 7.58. The molecule has 0 aliphatic heterocycles. The minimum atomic E-state index is -0.523. The second-order valence-electron chi connectivity index (χ2n) is 6.22. The molecule has 0 saturated carbocycles. The second kappa shape index (κ2) is 8.56. The Hall–Kier alpha value is -3.36. The highest BCUT2D eigenvalue weighted by Gasteiger charge is 2.17. The predicted octanol–water partition coefficient (Wildman–Crippen LogP) is 4.52. The van der Waals surface area contributed by atoms with Crippen molar-refractivity contribution in [1.82, 2.24) is 10.2 Å². The van der Waals surface area contributed by atoms with Crippen LogP contribution in [-0.4, -0.2) is 27.8 Å². The maximum Gasteiger partial charge on any atom is 0.321 e. The fraction of sp³-hybridized carbons (Fsp3) is 0.0476. The molecule has 0 fully saturated rings. The largest absolute Gasteiger partial charge is 0.424 e. The van der Waals surface area contributed by atoms with E-state index < -0.39 is 5.97 Å². The number of carbonyl (C=O) groups is 1. The first-order valence-electron chi connectivity index (χ1n) is 8.80. The summed E-state index contributed by atoms with van der Waals surface area (Å²) >= 11 is 6.94. The number of fused-ring (bicyclic) bond motifs is 1. The number of nitrogen functional groups attached to an aromatic ring is 1. The van der Waals surface area contributed by atoms with E-state index in [4.69, 9.17) is 31.9 Å². The fourth-order valence-corrected chi connectivity index (χ4v) is 3.47. The third-order valence-corrected chi connectivity index (χ3v) is 5.24. The van der Waals surface area contributed by atoms with Crippen LogP contribution in [0.25, 0.3) is 22.2 Å². The van der Waals surface area contributed by atoms with Crippen molar-refractivity contribution in [2.45, 2.75) is 5.22 Å². The number of hydrogen-bond donors (Lipinski definition) is 2. The lowest BCUT2D eigenvalue weighted by Gasteiger charge is -2.12. The van der Waals surface area contributed by atoms with Crippen LogP contribution in [0.5, 0.6) is 5.75 Å². The van der Waals surface area contributed by atoms with E-state index in [-0.39, 0.29) is 22.6 Å². The first kappa shape index (κ1) is 19.9. The lowest BCUT2D eigenvalue weighted by molar-refractivity contribution is -0.131. The van der Waals surface area contributed by atoms with Crippen LogP contribution < -0.4 is 10.5 Å². The molecule has 3 N–H and O–H groups in total. The number of hydrogen-bond acceptors (Lipinski definition) is 7. The van der Waals surface area contributed by atoms with Gasteiger partial charge in [-0.2, -0.15) is 0 Å². The minimum Gasteiger partial charge on any atom is -0.424 e. The molecule has 0 bridgehead atoms. The van der Waals surface area contributed by atoms with Crippen molar-refractivity contribution < 1.29 is 13.9 Å². The number of rotatable bonds is 6. The molecule has 150 valence electrons. The summed E-state index contributed by atoms with van der Waals surface area (Å²) in [4.78, 5) is 12.5. The van der Waals surface area contributed by atoms with Gasteiger partial charge in [0.05, 0.1) is 5.56 Å². The molecule has 7 nitrogen and oxygen atoms in total. The fourth-order valence-electron chi connectivity index (χ4n) is 2.81. The molecule has 0 radical (unpaired) electrons. The van der Waals surface area contributed by atoms with Gasteiger partial charge in [0.2, 0.25) is 5.89 Å². The highest BCUT2D eigenvalue weighted by molar-refractivity contribution is 7.99. The third-order valence-electron chi connectivity index (χ3n) is 4.20. The number of nitrogens with one attached hydrogen (secondary N) is 1.